The number of hydrogen-bond acceptors (Lipinski definition) is 7. The number of hydrogen-bond donors (Lipinski definition) is 3. The van der Waals surface area contributed by atoms with Crippen molar-refractivity contribution in [2.75, 3.05) is 25.4 Å². The van der Waals surface area contributed by atoms with Gasteiger partial charge in [0.2, 0.25) is 21.8 Å². The Morgan fingerprint density at radius 3 is 2.52 bits per heavy atom. The Bertz CT molecular complexity index is 892. The molecule has 11 heteroatoms. The van der Waals surface area contributed by atoms with Crippen molar-refractivity contribution in [3.63, 3.8) is 0 Å². The summed E-state index contributed by atoms with van der Waals surface area (Å²) in [5.74, 6) is -0.634. The molecule has 1 aliphatic rings. The summed E-state index contributed by atoms with van der Waals surface area (Å²) < 4.78 is 27.7. The van der Waals surface area contributed by atoms with E-state index in [-0.39, 0.29) is 29.3 Å². The molecule has 1 aliphatic heterocycles. The van der Waals surface area contributed by atoms with Crippen molar-refractivity contribution in [2.24, 2.45) is 5.10 Å². The Balaban J connectivity index is 2.30. The molecule has 1 aromatic rings. The van der Waals surface area contributed by atoms with Gasteiger partial charge in [-0.15, -0.1) is 5.10 Å². The summed E-state index contributed by atoms with van der Waals surface area (Å²) in [6.45, 7) is 6.17. The average molecular weight is 470 g/mol. The lowest BCUT2D eigenvalue weighted by Gasteiger charge is -2.35. The van der Waals surface area contributed by atoms with Crippen molar-refractivity contribution >= 4 is 38.8 Å². The van der Waals surface area contributed by atoms with Gasteiger partial charge in [0.1, 0.15) is 0 Å². The SMILES string of the molecule is CCCCC(=O)NC1=NN(C(C)=O)C(CNS(=O)(=O)CCNCC)(c2ccccc2)S1. The third kappa shape index (κ3) is 7.03. The zero-order valence-electron chi connectivity index (χ0n) is 18.2. The van der Waals surface area contributed by atoms with Gasteiger partial charge in [0.05, 0.1) is 12.3 Å². The van der Waals surface area contributed by atoms with E-state index in [2.05, 4.69) is 20.5 Å². The Kier molecular flexibility index (Phi) is 9.48. The van der Waals surface area contributed by atoms with E-state index in [1.165, 1.54) is 11.9 Å². The first kappa shape index (κ1) is 25.3. The summed E-state index contributed by atoms with van der Waals surface area (Å²) in [5, 5.41) is 11.6. The van der Waals surface area contributed by atoms with Crippen LogP contribution in [0.15, 0.2) is 35.4 Å². The third-order valence-electron chi connectivity index (χ3n) is 4.65. The van der Waals surface area contributed by atoms with Crippen molar-refractivity contribution in [1.29, 1.82) is 0 Å². The van der Waals surface area contributed by atoms with Crippen molar-refractivity contribution in [3.05, 3.63) is 35.9 Å². The number of thioether (sulfide) groups is 1. The number of nitrogens with zero attached hydrogens (tertiary/aromatic N) is 2. The van der Waals surface area contributed by atoms with E-state index in [1.54, 1.807) is 0 Å². The van der Waals surface area contributed by atoms with Gasteiger partial charge in [0.25, 0.3) is 0 Å². The van der Waals surface area contributed by atoms with Crippen LogP contribution in [0.4, 0.5) is 0 Å². The molecule has 2 amide bonds. The first-order valence-corrected chi connectivity index (χ1v) is 12.8. The fourth-order valence-electron chi connectivity index (χ4n) is 3.05. The molecule has 0 saturated heterocycles. The molecule has 9 nitrogen and oxygen atoms in total. The van der Waals surface area contributed by atoms with Crippen LogP contribution < -0.4 is 15.4 Å². The van der Waals surface area contributed by atoms with E-state index >= 15 is 0 Å². The third-order valence-corrected chi connectivity index (χ3v) is 7.25. The number of carbonyl (C=O) groups is 2. The van der Waals surface area contributed by atoms with E-state index in [9.17, 15) is 18.0 Å². The van der Waals surface area contributed by atoms with E-state index in [0.29, 0.717) is 25.1 Å². The highest BCUT2D eigenvalue weighted by molar-refractivity contribution is 8.14. The minimum Gasteiger partial charge on any atom is -0.316 e. The molecule has 1 unspecified atom stereocenters. The Morgan fingerprint density at radius 2 is 1.90 bits per heavy atom. The van der Waals surface area contributed by atoms with Gasteiger partial charge in [-0.2, -0.15) is 0 Å². The van der Waals surface area contributed by atoms with Crippen LogP contribution in [0.25, 0.3) is 0 Å². The fourth-order valence-corrected chi connectivity index (χ4v) is 5.38. The Labute approximate surface area is 188 Å². The monoisotopic (exact) mass is 469 g/mol. The maximum absolute atomic E-state index is 12.5. The van der Waals surface area contributed by atoms with Gasteiger partial charge in [-0.1, -0.05) is 50.6 Å². The summed E-state index contributed by atoms with van der Waals surface area (Å²) in [5.41, 5.74) is 0.700. The van der Waals surface area contributed by atoms with Crippen LogP contribution in [0, 0.1) is 0 Å². The standard InChI is InChI=1S/C20H31N5O4S2/c1-4-6-12-18(27)23-19-24-25(16(3)26)20(30-19,17-10-8-7-9-11-17)15-22-31(28,29)14-13-21-5-2/h7-11,21-22H,4-6,12-15H2,1-3H3,(H,23,24,27). The molecule has 0 spiro atoms. The molecule has 1 atom stereocenters. The Morgan fingerprint density at radius 1 is 1.19 bits per heavy atom. The van der Waals surface area contributed by atoms with Gasteiger partial charge in [0, 0.05) is 19.9 Å². The second-order valence-corrected chi connectivity index (χ2v) is 10.3. The van der Waals surface area contributed by atoms with Crippen LogP contribution in [-0.4, -0.2) is 55.8 Å². The highest BCUT2D eigenvalue weighted by atomic mass is 32.2. The fraction of sp³-hybridized carbons (Fsp3) is 0.550. The summed E-state index contributed by atoms with van der Waals surface area (Å²) in [4.78, 5) is 23.6. The molecule has 0 radical (unpaired) electrons. The zero-order valence-corrected chi connectivity index (χ0v) is 19.8. The molecule has 1 aromatic carbocycles. The van der Waals surface area contributed by atoms with Crippen molar-refractivity contribution < 1.29 is 18.0 Å². The number of nitrogens with one attached hydrogen (secondary N) is 3. The van der Waals surface area contributed by atoms with E-state index in [1.807, 2.05) is 44.2 Å². The predicted octanol–water partition coefficient (Wildman–Crippen LogP) is 1.54. The number of benzene rings is 1. The lowest BCUT2D eigenvalue weighted by molar-refractivity contribution is -0.132. The summed E-state index contributed by atoms with van der Waals surface area (Å²) in [7, 11) is -3.59. The number of rotatable bonds is 11. The van der Waals surface area contributed by atoms with Crippen LogP contribution >= 0.6 is 11.8 Å². The van der Waals surface area contributed by atoms with Crippen LogP contribution in [0.2, 0.25) is 0 Å². The Hall–Kier alpha value is -1.95. The smallest absolute Gasteiger partial charge is 0.241 e. The first-order valence-electron chi connectivity index (χ1n) is 10.4. The van der Waals surface area contributed by atoms with Crippen molar-refractivity contribution in [1.82, 2.24) is 20.4 Å². The van der Waals surface area contributed by atoms with Gasteiger partial charge in [-0.25, -0.2) is 18.1 Å². The second kappa shape index (κ2) is 11.6. The molecule has 172 valence electrons. The van der Waals surface area contributed by atoms with E-state index in [0.717, 1.165) is 24.6 Å². The van der Waals surface area contributed by atoms with Crippen LogP contribution in [-0.2, 0) is 24.5 Å². The van der Waals surface area contributed by atoms with Gasteiger partial charge in [0.15, 0.2) is 10.0 Å². The molecule has 0 fully saturated rings. The van der Waals surface area contributed by atoms with Crippen LogP contribution in [0.1, 0.15) is 45.6 Å². The number of unbranched alkanes of at least 4 members (excludes halogenated alkanes) is 1. The maximum atomic E-state index is 12.5. The average Bonchev–Trinajstić information content (AvgIpc) is 3.11. The predicted molar refractivity (Wildman–Crippen MR) is 124 cm³/mol. The first-order chi connectivity index (χ1) is 14.7. The topological polar surface area (TPSA) is 120 Å². The van der Waals surface area contributed by atoms with Crippen molar-refractivity contribution in [3.8, 4) is 0 Å². The molecule has 0 aliphatic carbocycles. The van der Waals surface area contributed by atoms with Gasteiger partial charge < -0.3 is 10.6 Å². The number of sulfonamides is 1. The quantitative estimate of drug-likeness (QED) is 0.423. The minimum atomic E-state index is -3.59. The number of amidine groups is 1. The highest BCUT2D eigenvalue weighted by Crippen LogP contribution is 2.45. The molecule has 31 heavy (non-hydrogen) atoms. The molecule has 0 aromatic heterocycles. The summed E-state index contributed by atoms with van der Waals surface area (Å²) >= 11 is 1.16. The maximum Gasteiger partial charge on any atom is 0.241 e. The molecular weight excluding hydrogens is 438 g/mol. The molecule has 2 rings (SSSR count). The van der Waals surface area contributed by atoms with Crippen molar-refractivity contribution in [2.45, 2.75) is 44.9 Å². The number of carbonyl (C=O) groups excluding carboxylic acids is 2. The minimum absolute atomic E-state index is 0.0854. The van der Waals surface area contributed by atoms with Gasteiger partial charge in [-0.3, -0.25) is 9.59 Å². The molecule has 0 saturated carbocycles. The molecule has 0 bridgehead atoms. The zero-order chi connectivity index (χ0) is 22.9. The highest BCUT2D eigenvalue weighted by Gasteiger charge is 2.48. The number of amides is 2. The van der Waals surface area contributed by atoms with Crippen LogP contribution in [0.5, 0.6) is 0 Å². The molecular formula is C20H31N5O4S2. The summed E-state index contributed by atoms with van der Waals surface area (Å²) in [6.07, 6.45) is 1.98. The second-order valence-electron chi connectivity index (χ2n) is 7.13. The summed E-state index contributed by atoms with van der Waals surface area (Å²) in [6, 6.07) is 9.09. The van der Waals surface area contributed by atoms with Gasteiger partial charge >= 0.3 is 0 Å². The van der Waals surface area contributed by atoms with Gasteiger partial charge in [-0.05, 0) is 30.3 Å². The molecule has 3 N–H and O–H groups in total. The number of hydrazone groups is 1. The largest absolute Gasteiger partial charge is 0.316 e. The normalized spacial score (nSPS) is 18.7. The lowest BCUT2D eigenvalue weighted by atomic mass is 10.1. The van der Waals surface area contributed by atoms with E-state index < -0.39 is 14.9 Å². The van der Waals surface area contributed by atoms with Crippen LogP contribution in [0.3, 0.4) is 0 Å². The lowest BCUT2D eigenvalue weighted by Crippen LogP contribution is -2.49. The van der Waals surface area contributed by atoms with E-state index in [4.69, 9.17) is 0 Å². The molecule has 1 heterocycles.